The fourth-order valence-electron chi connectivity index (χ4n) is 6.47. The van der Waals surface area contributed by atoms with Gasteiger partial charge in [0, 0.05) is 41.1 Å². The van der Waals surface area contributed by atoms with E-state index in [0.717, 1.165) is 9.60 Å². The van der Waals surface area contributed by atoms with Gasteiger partial charge >= 0.3 is 11.9 Å². The number of benzene rings is 3. The number of hydrogen-bond donors (Lipinski definition) is 5. The lowest BCUT2D eigenvalue weighted by Crippen LogP contribution is -2.74. The Balaban J connectivity index is 0.848. The van der Waals surface area contributed by atoms with Gasteiger partial charge in [0.25, 0.3) is 17.7 Å². The van der Waals surface area contributed by atoms with E-state index in [1.165, 1.54) is 23.1 Å². The number of β-lactam (4-membered cyclic amide) rings is 1. The number of carboxylic acid groups (broad SMARTS) is 2. The van der Waals surface area contributed by atoms with E-state index in [4.69, 9.17) is 4.74 Å². The Morgan fingerprint density at radius 1 is 0.948 bits per heavy atom. The van der Waals surface area contributed by atoms with Gasteiger partial charge in [-0.1, -0.05) is 24.6 Å². The van der Waals surface area contributed by atoms with Crippen LogP contribution in [0.4, 0.5) is 5.69 Å². The maximum atomic E-state index is 13.3. The van der Waals surface area contributed by atoms with Gasteiger partial charge in [-0.05, 0) is 78.6 Å². The summed E-state index contributed by atoms with van der Waals surface area (Å²) in [5.74, 6) is -3.48. The van der Waals surface area contributed by atoms with Gasteiger partial charge in [0.05, 0.1) is 10.2 Å². The molecule has 0 bridgehead atoms. The predicted molar refractivity (Wildman–Crippen MR) is 217 cm³/mol. The zero-order chi connectivity index (χ0) is 40.9. The monoisotopic (exact) mass is 844 g/mol. The zero-order valence-electron chi connectivity index (χ0n) is 30.5. The minimum absolute atomic E-state index is 0.0787. The number of aliphatic carboxylic acids is 2. The van der Waals surface area contributed by atoms with Crippen LogP contribution in [0.3, 0.4) is 0 Å². The minimum atomic E-state index is -1.73. The Hall–Kier alpha value is -5.76. The van der Waals surface area contributed by atoms with E-state index in [9.17, 15) is 43.5 Å². The number of hydrogen-bond acceptors (Lipinski definition) is 12. The molecule has 3 aliphatic rings. The third-order valence-electron chi connectivity index (χ3n) is 9.42. The smallest absolute Gasteiger partial charge is 0.353 e. The highest BCUT2D eigenvalue weighted by Crippen LogP contribution is 2.38. The molecule has 5 N–H and O–H groups in total. The van der Waals surface area contributed by atoms with Crippen molar-refractivity contribution in [2.45, 2.75) is 43.1 Å². The van der Waals surface area contributed by atoms with Gasteiger partial charge in [-0.15, -0.1) is 23.1 Å². The second-order valence-corrected chi connectivity index (χ2v) is 17.0. The summed E-state index contributed by atoms with van der Waals surface area (Å²) in [6.07, 6.45) is 1.74. The molecular weight excluding hydrogens is 809 g/mol. The summed E-state index contributed by atoms with van der Waals surface area (Å²) < 4.78 is 20.0. The van der Waals surface area contributed by atoms with Gasteiger partial charge in [-0.2, -0.15) is 0 Å². The van der Waals surface area contributed by atoms with E-state index >= 15 is 0 Å². The first-order valence-corrected chi connectivity index (χ1v) is 21.3. The molecule has 4 heterocycles. The van der Waals surface area contributed by atoms with E-state index in [0.29, 0.717) is 69.7 Å². The summed E-state index contributed by atoms with van der Waals surface area (Å²) in [5, 5.41) is 27.6. The maximum absolute atomic E-state index is 13.3. The third kappa shape index (κ3) is 9.02. The Kier molecular flexibility index (Phi) is 12.4. The van der Waals surface area contributed by atoms with Crippen molar-refractivity contribution >= 4 is 90.8 Å². The first-order valence-electron chi connectivity index (χ1n) is 18.1. The summed E-state index contributed by atoms with van der Waals surface area (Å²) in [6, 6.07) is 18.4. The first kappa shape index (κ1) is 40.4. The Labute approximate surface area is 342 Å². The van der Waals surface area contributed by atoms with Crippen molar-refractivity contribution in [2.24, 2.45) is 4.99 Å². The Bertz CT molecular complexity index is 2330. The summed E-state index contributed by atoms with van der Waals surface area (Å²) in [4.78, 5) is 84.2. The number of aliphatic imine (C=N–C) groups is 1. The minimum Gasteiger partial charge on any atom is -0.614 e. The molecule has 300 valence electrons. The van der Waals surface area contributed by atoms with Gasteiger partial charge in [0.15, 0.2) is 12.1 Å². The van der Waals surface area contributed by atoms with Crippen molar-refractivity contribution in [3.05, 3.63) is 100 Å². The number of fused-ring (bicyclic) bond motifs is 2. The number of ether oxygens (including phenoxy) is 1. The lowest BCUT2D eigenvalue weighted by Gasteiger charge is -2.49. The SMILES string of the molecule is O=C(CCCCCNC(=O)c1ccc(NC(=O)c2ccccc2)cc1)NC1C(=O)N2C(C(=O)O)=C(COc3ccc4nc(C5=NC(C(=O)O)CS5)sc4c3)C[S+]([O-])C12. The van der Waals surface area contributed by atoms with Crippen LogP contribution in [0.1, 0.15) is 51.4 Å². The molecule has 4 unspecified atom stereocenters. The van der Waals surface area contributed by atoms with Crippen LogP contribution in [0, 0.1) is 0 Å². The van der Waals surface area contributed by atoms with Gasteiger partial charge in [0.1, 0.15) is 33.9 Å². The molecule has 4 atom stereocenters. The van der Waals surface area contributed by atoms with Gasteiger partial charge in [-0.25, -0.2) is 14.6 Å². The molecule has 0 aliphatic carbocycles. The van der Waals surface area contributed by atoms with Crippen molar-refractivity contribution in [1.82, 2.24) is 20.5 Å². The number of carbonyl (C=O) groups is 6. The average Bonchev–Trinajstić information content (AvgIpc) is 3.89. The van der Waals surface area contributed by atoms with Crippen LogP contribution in [0.25, 0.3) is 10.2 Å². The standard InChI is InChI=1S/C39H36N6O10S3/c46-29(9-5-2-6-16-40-32(47)22-10-12-24(13-11-22)41-33(48)21-7-3-1-4-8-21)44-30-36(49)45-31(39(52)53)23(20-58(54)37(30)45)18-55-25-14-15-26-28(17-25)57-35(42-26)34-43-27(19-56-34)38(50)51/h1,3-4,7-8,10-15,17,27,30,37H,2,5-6,9,16,18-20H2,(H,40,47)(H,41,48)(H,44,46)(H,50,51)(H,52,53). The fourth-order valence-corrected chi connectivity index (χ4v) is 10.2. The number of nitrogens with zero attached hydrogens (tertiary/aromatic N) is 3. The molecular formula is C39H36N6O10S3. The number of rotatable bonds is 16. The molecule has 3 aliphatic heterocycles. The van der Waals surface area contributed by atoms with Crippen molar-refractivity contribution in [2.75, 3.05) is 30.0 Å². The number of carbonyl (C=O) groups excluding carboxylic acids is 4. The maximum Gasteiger partial charge on any atom is 0.353 e. The summed E-state index contributed by atoms with van der Waals surface area (Å²) in [5.41, 5.74) is 1.99. The number of thiazole rings is 1. The highest BCUT2D eigenvalue weighted by molar-refractivity contribution is 8.15. The quantitative estimate of drug-likeness (QED) is 0.0618. The van der Waals surface area contributed by atoms with Gasteiger partial charge in [0.2, 0.25) is 11.3 Å². The number of carboxylic acids is 2. The van der Waals surface area contributed by atoms with Crippen molar-refractivity contribution < 1.29 is 48.3 Å². The molecule has 1 saturated heterocycles. The Morgan fingerprint density at radius 2 is 1.71 bits per heavy atom. The van der Waals surface area contributed by atoms with Crippen LogP contribution in [0.15, 0.2) is 89.1 Å². The average molecular weight is 845 g/mol. The lowest BCUT2D eigenvalue weighted by molar-refractivity contribution is -0.151. The number of unbranched alkanes of at least 4 members (excludes halogenated alkanes) is 2. The second kappa shape index (κ2) is 17.8. The van der Waals surface area contributed by atoms with E-state index in [1.54, 1.807) is 66.7 Å². The van der Waals surface area contributed by atoms with E-state index in [-0.39, 0.29) is 41.9 Å². The molecule has 0 radical (unpaired) electrons. The molecule has 0 spiro atoms. The summed E-state index contributed by atoms with van der Waals surface area (Å²) >= 11 is 0.907. The van der Waals surface area contributed by atoms with E-state index in [2.05, 4.69) is 25.9 Å². The van der Waals surface area contributed by atoms with E-state index in [1.807, 2.05) is 6.07 Å². The third-order valence-corrected chi connectivity index (χ3v) is 13.3. The van der Waals surface area contributed by atoms with Crippen LogP contribution in [-0.4, -0.2) is 107 Å². The number of aromatic nitrogens is 1. The highest BCUT2D eigenvalue weighted by atomic mass is 32.2. The van der Waals surface area contributed by atoms with Crippen LogP contribution in [0.2, 0.25) is 0 Å². The van der Waals surface area contributed by atoms with Crippen LogP contribution >= 0.6 is 23.1 Å². The molecule has 1 aromatic heterocycles. The number of nitrogens with one attached hydrogen (secondary N) is 3. The molecule has 4 amide bonds. The molecule has 16 nitrogen and oxygen atoms in total. The Morgan fingerprint density at radius 3 is 2.43 bits per heavy atom. The molecule has 3 aromatic carbocycles. The van der Waals surface area contributed by atoms with Crippen molar-refractivity contribution in [1.29, 1.82) is 0 Å². The molecule has 1 fully saturated rings. The van der Waals surface area contributed by atoms with Crippen LogP contribution < -0.4 is 20.7 Å². The molecule has 0 saturated carbocycles. The molecule has 4 aromatic rings. The first-order chi connectivity index (χ1) is 28.0. The highest BCUT2D eigenvalue weighted by Gasteiger charge is 2.61. The summed E-state index contributed by atoms with van der Waals surface area (Å²) in [7, 11) is 0. The fraction of sp³-hybridized carbons (Fsp3) is 0.282. The normalized spacial score (nSPS) is 19.8. The van der Waals surface area contributed by atoms with Crippen molar-refractivity contribution in [3.8, 4) is 5.75 Å². The topological polar surface area (TPSA) is 240 Å². The molecule has 19 heteroatoms. The largest absolute Gasteiger partial charge is 0.614 e. The van der Waals surface area contributed by atoms with Crippen LogP contribution in [0.5, 0.6) is 5.75 Å². The van der Waals surface area contributed by atoms with Gasteiger partial charge in [-0.3, -0.25) is 29.1 Å². The number of anilines is 1. The second-order valence-electron chi connectivity index (χ2n) is 13.4. The predicted octanol–water partition coefficient (Wildman–Crippen LogP) is 3.62. The summed E-state index contributed by atoms with van der Waals surface area (Å²) in [6.45, 7) is 0.121. The van der Waals surface area contributed by atoms with E-state index < -0.39 is 52.4 Å². The zero-order valence-corrected chi connectivity index (χ0v) is 33.0. The van der Waals surface area contributed by atoms with Crippen molar-refractivity contribution in [3.63, 3.8) is 0 Å². The van der Waals surface area contributed by atoms with Crippen LogP contribution in [-0.2, 0) is 30.4 Å². The number of thioether (sulfide) groups is 1. The number of amides is 4. The molecule has 58 heavy (non-hydrogen) atoms. The molecule has 7 rings (SSSR count). The van der Waals surface area contributed by atoms with Gasteiger partial charge < -0.3 is 35.5 Å². The lowest BCUT2D eigenvalue weighted by atomic mass is 10.0.